The fourth-order valence-corrected chi connectivity index (χ4v) is 8.64. The Morgan fingerprint density at radius 2 is 1.58 bits per heavy atom. The summed E-state index contributed by atoms with van der Waals surface area (Å²) >= 11 is 0. The third-order valence-electron chi connectivity index (χ3n) is 10.2. The molecule has 0 unspecified atom stereocenters. The Morgan fingerprint density at radius 3 is 2.15 bits per heavy atom. The second kappa shape index (κ2) is 13.2. The fraction of sp³-hybridized carbons (Fsp3) is 0.583. The highest BCUT2D eigenvalue weighted by atomic mass is 28.4. The number of fused-ring (bicyclic) bond motifs is 1. The van der Waals surface area contributed by atoms with Crippen LogP contribution in [0.1, 0.15) is 80.3 Å². The molecule has 1 aliphatic rings. The molecule has 0 spiro atoms. The summed E-state index contributed by atoms with van der Waals surface area (Å²) in [5, 5.41) is 2.74. The summed E-state index contributed by atoms with van der Waals surface area (Å²) < 4.78 is 20.7. The van der Waals surface area contributed by atoms with Crippen molar-refractivity contribution in [3.05, 3.63) is 54.4 Å². The normalized spacial score (nSPS) is 19.4. The molecule has 1 aromatic carbocycles. The lowest BCUT2D eigenvalue weighted by atomic mass is 10.0. The van der Waals surface area contributed by atoms with Crippen molar-refractivity contribution in [3.63, 3.8) is 0 Å². The second-order valence-electron chi connectivity index (χ2n) is 17.0. The Labute approximate surface area is 288 Å². The molecule has 48 heavy (non-hydrogen) atoms. The molecule has 2 heterocycles. The first-order valence-electron chi connectivity index (χ1n) is 16.7. The van der Waals surface area contributed by atoms with Crippen molar-refractivity contribution in [2.75, 3.05) is 5.32 Å². The molecule has 0 aliphatic heterocycles. The summed E-state index contributed by atoms with van der Waals surface area (Å²) in [7, 11) is -4.71. The number of carbonyl (C=O) groups is 2. The standard InChI is InChI=1S/C36H55N5O5Si2/c1-23-25(20-26(46-48(13,14)36(8,9)10)27(23)31(42)47(11,12)35(5,6)7)41-22-37-28-29(41)38-32(40-33(43)45-34(2,3)4)39-30(28)44-21-24-18-16-15-17-19-24/h15-19,22,25-27H,1,20-21H2,2-14H3,(H,38,39,40,43)/t25-,26-,27+/m0/s1. The van der Waals surface area contributed by atoms with Crippen molar-refractivity contribution in [2.24, 2.45) is 5.92 Å². The molecule has 1 saturated carbocycles. The molecule has 3 aromatic rings. The van der Waals surface area contributed by atoms with E-state index < -0.39 is 34.0 Å². The van der Waals surface area contributed by atoms with E-state index in [0.717, 1.165) is 11.1 Å². The summed E-state index contributed by atoms with van der Waals surface area (Å²) in [6.07, 6.45) is 1.22. The van der Waals surface area contributed by atoms with Gasteiger partial charge in [0.25, 0.3) is 0 Å². The first kappa shape index (κ1) is 37.5. The number of benzene rings is 1. The predicted octanol–water partition coefficient (Wildman–Crippen LogP) is 8.88. The highest BCUT2D eigenvalue weighted by molar-refractivity contribution is 7.06. The third-order valence-corrected chi connectivity index (χ3v) is 20.0. The van der Waals surface area contributed by atoms with Crippen LogP contribution in [0.15, 0.2) is 48.8 Å². The minimum atomic E-state index is -2.44. The van der Waals surface area contributed by atoms with E-state index in [1.165, 1.54) is 0 Å². The van der Waals surface area contributed by atoms with Gasteiger partial charge in [0.15, 0.2) is 19.5 Å². The van der Waals surface area contributed by atoms with E-state index in [4.69, 9.17) is 23.9 Å². The molecule has 0 bridgehead atoms. The molecule has 3 atom stereocenters. The Bertz CT molecular complexity index is 1670. The average Bonchev–Trinajstić information content (AvgIpc) is 3.49. The van der Waals surface area contributed by atoms with Crippen molar-refractivity contribution in [3.8, 4) is 5.88 Å². The van der Waals surface area contributed by atoms with Crippen molar-refractivity contribution in [2.45, 2.75) is 129 Å². The largest absolute Gasteiger partial charge is 0.471 e. The zero-order chi connectivity index (χ0) is 36.0. The van der Waals surface area contributed by atoms with E-state index in [9.17, 15) is 9.59 Å². The lowest BCUT2D eigenvalue weighted by Crippen LogP contribution is -2.53. The van der Waals surface area contributed by atoms with E-state index in [1.807, 2.05) is 34.9 Å². The maximum absolute atomic E-state index is 14.6. The number of imidazole rings is 1. The molecular weight excluding hydrogens is 639 g/mol. The highest BCUT2D eigenvalue weighted by Crippen LogP contribution is 2.50. The topological polar surface area (TPSA) is 117 Å². The number of anilines is 1. The maximum Gasteiger partial charge on any atom is 0.414 e. The molecule has 1 amide bonds. The molecule has 262 valence electrons. The van der Waals surface area contributed by atoms with E-state index in [0.29, 0.717) is 17.6 Å². The lowest BCUT2D eigenvalue weighted by Gasteiger charge is -2.42. The number of carbonyl (C=O) groups excluding carboxylic acids is 2. The summed E-state index contributed by atoms with van der Waals surface area (Å²) in [5.74, 6) is -0.217. The van der Waals surface area contributed by atoms with Crippen LogP contribution in [0.3, 0.4) is 0 Å². The number of amides is 1. The van der Waals surface area contributed by atoms with Gasteiger partial charge in [0.2, 0.25) is 11.8 Å². The molecule has 0 radical (unpaired) electrons. The van der Waals surface area contributed by atoms with Crippen LogP contribution in [-0.4, -0.2) is 59.1 Å². The van der Waals surface area contributed by atoms with Gasteiger partial charge in [-0.15, -0.1) is 0 Å². The van der Waals surface area contributed by atoms with Gasteiger partial charge < -0.3 is 23.3 Å². The van der Waals surface area contributed by atoms with Gasteiger partial charge in [-0.25, -0.2) is 9.78 Å². The first-order chi connectivity index (χ1) is 21.9. The third kappa shape index (κ3) is 7.92. The van der Waals surface area contributed by atoms with Crippen molar-refractivity contribution >= 4 is 45.0 Å². The Hall–Kier alpha value is -3.36. The zero-order valence-electron chi connectivity index (χ0n) is 31.1. The van der Waals surface area contributed by atoms with E-state index >= 15 is 0 Å². The molecule has 4 rings (SSSR count). The summed E-state index contributed by atoms with van der Waals surface area (Å²) in [6.45, 7) is 32.0. The maximum atomic E-state index is 14.6. The molecule has 12 heteroatoms. The van der Waals surface area contributed by atoms with Crippen LogP contribution in [0.25, 0.3) is 11.2 Å². The van der Waals surface area contributed by atoms with Crippen LogP contribution in [0.4, 0.5) is 10.7 Å². The van der Waals surface area contributed by atoms with Gasteiger partial charge in [-0.1, -0.05) is 91.5 Å². The average molecular weight is 694 g/mol. The lowest BCUT2D eigenvalue weighted by molar-refractivity contribution is -0.117. The Morgan fingerprint density at radius 1 is 0.958 bits per heavy atom. The van der Waals surface area contributed by atoms with Crippen molar-refractivity contribution in [1.82, 2.24) is 19.5 Å². The number of hydrogen-bond acceptors (Lipinski definition) is 8. The van der Waals surface area contributed by atoms with E-state index in [1.54, 1.807) is 27.1 Å². The smallest absolute Gasteiger partial charge is 0.414 e. The van der Waals surface area contributed by atoms with Crippen LogP contribution in [0.5, 0.6) is 5.88 Å². The predicted molar refractivity (Wildman–Crippen MR) is 197 cm³/mol. The van der Waals surface area contributed by atoms with Gasteiger partial charge >= 0.3 is 6.09 Å². The van der Waals surface area contributed by atoms with Gasteiger partial charge in [-0.2, -0.15) is 9.97 Å². The number of hydrogen-bond donors (Lipinski definition) is 1. The summed E-state index contributed by atoms with van der Waals surface area (Å²) in [6, 6.07) is 9.41. The fourth-order valence-electron chi connectivity index (χ4n) is 5.41. The van der Waals surface area contributed by atoms with Gasteiger partial charge in [-0.3, -0.25) is 5.32 Å². The van der Waals surface area contributed by atoms with Crippen molar-refractivity contribution < 1.29 is 23.5 Å². The van der Waals surface area contributed by atoms with E-state index in [-0.39, 0.29) is 46.1 Å². The minimum Gasteiger partial charge on any atom is -0.471 e. The molecule has 1 N–H and O–H groups in total. The molecular formula is C36H55N5O5Si2. The first-order valence-corrected chi connectivity index (χ1v) is 22.7. The number of ether oxygens (including phenoxy) is 2. The summed E-state index contributed by atoms with van der Waals surface area (Å²) in [5.41, 5.74) is 1.92. The van der Waals surface area contributed by atoms with E-state index in [2.05, 4.69) is 84.6 Å². The monoisotopic (exact) mass is 693 g/mol. The Balaban J connectivity index is 1.81. The van der Waals surface area contributed by atoms with Crippen LogP contribution < -0.4 is 10.1 Å². The molecule has 2 aromatic heterocycles. The number of nitrogens with zero attached hydrogens (tertiary/aromatic N) is 4. The molecule has 10 nitrogen and oxygen atoms in total. The van der Waals surface area contributed by atoms with Gasteiger partial charge in [0.1, 0.15) is 25.7 Å². The molecule has 0 saturated heterocycles. The zero-order valence-corrected chi connectivity index (χ0v) is 33.1. The number of rotatable bonds is 9. The second-order valence-corrected chi connectivity index (χ2v) is 27.0. The molecule has 1 fully saturated rings. The number of aromatic nitrogens is 4. The van der Waals surface area contributed by atoms with Crippen molar-refractivity contribution in [1.29, 1.82) is 0 Å². The quantitative estimate of drug-likeness (QED) is 0.174. The van der Waals surface area contributed by atoms with Crippen LogP contribution in [0.2, 0.25) is 36.3 Å². The van der Waals surface area contributed by atoms with Crippen LogP contribution >= 0.6 is 0 Å². The van der Waals surface area contributed by atoms with Gasteiger partial charge in [-0.05, 0) is 61.5 Å². The SMILES string of the molecule is C=C1[C@@H](C(=O)[Si](C)(C)C(C)(C)C)[C@@H](O[Si](C)(C)C(C)(C)C)C[C@@H]1n1cnc2c(OCc3ccccc3)nc(NC(=O)OC(C)(C)C)nc21. The highest BCUT2D eigenvalue weighted by Gasteiger charge is 2.54. The van der Waals surface area contributed by atoms with Gasteiger partial charge in [0, 0.05) is 0 Å². The minimum absolute atomic E-state index is 0.0214. The van der Waals surface area contributed by atoms with Crippen LogP contribution in [-0.2, 0) is 20.6 Å². The number of nitrogens with one attached hydrogen (secondary N) is 1. The van der Waals surface area contributed by atoms with Gasteiger partial charge in [0.05, 0.1) is 24.4 Å². The van der Waals surface area contributed by atoms with Crippen LogP contribution in [0, 0.1) is 5.92 Å². The summed E-state index contributed by atoms with van der Waals surface area (Å²) in [4.78, 5) is 41.4. The molecule has 1 aliphatic carbocycles. The Kier molecular flexibility index (Phi) is 10.3.